The smallest absolute Gasteiger partial charge is 0.324 e. The highest BCUT2D eigenvalue weighted by molar-refractivity contribution is 6.04. The van der Waals surface area contributed by atoms with Crippen molar-refractivity contribution in [2.24, 2.45) is 5.92 Å². The molecule has 2 atom stereocenters. The predicted octanol–water partition coefficient (Wildman–Crippen LogP) is 2.44. The van der Waals surface area contributed by atoms with Crippen LogP contribution in [-0.2, 0) is 9.59 Å². The topological polar surface area (TPSA) is 107 Å². The number of carboxylic acids is 1. The molecule has 2 aliphatic rings. The van der Waals surface area contributed by atoms with Crippen molar-refractivity contribution in [2.75, 3.05) is 6.54 Å². The van der Waals surface area contributed by atoms with Crippen molar-refractivity contribution >= 4 is 17.9 Å². The number of nitrogens with zero attached hydrogens (tertiary/aromatic N) is 1. The number of hydrogen-bond acceptors (Lipinski definition) is 4. The normalized spacial score (nSPS) is 22.8. The molecule has 1 aliphatic carbocycles. The van der Waals surface area contributed by atoms with Gasteiger partial charge in [0.25, 0.3) is 5.91 Å². The summed E-state index contributed by atoms with van der Waals surface area (Å²) in [6.07, 6.45) is 11.1. The minimum absolute atomic E-state index is 0.123. The van der Waals surface area contributed by atoms with Gasteiger partial charge in [0.15, 0.2) is 0 Å². The van der Waals surface area contributed by atoms with Gasteiger partial charge in [0.1, 0.15) is 6.04 Å². The molecule has 0 bridgehead atoms. The van der Waals surface area contributed by atoms with E-state index in [2.05, 4.69) is 5.32 Å². The van der Waals surface area contributed by atoms with Gasteiger partial charge in [0, 0.05) is 13.0 Å². The third-order valence-corrected chi connectivity index (χ3v) is 5.32. The molecule has 3 N–H and O–H groups in total. The van der Waals surface area contributed by atoms with Crippen molar-refractivity contribution in [2.45, 2.75) is 76.4 Å². The van der Waals surface area contributed by atoms with E-state index in [0.29, 0.717) is 38.1 Å². The fraction of sp³-hybridized carbons (Fsp3) is 0.737. The minimum atomic E-state index is -0.818. The zero-order chi connectivity index (χ0) is 18.9. The maximum absolute atomic E-state index is 12.0. The highest BCUT2D eigenvalue weighted by Gasteiger charge is 2.37. The maximum Gasteiger partial charge on any atom is 0.324 e. The first-order valence-corrected chi connectivity index (χ1v) is 9.65. The lowest BCUT2D eigenvalue weighted by Crippen LogP contribution is -2.38. The van der Waals surface area contributed by atoms with Gasteiger partial charge in [-0.3, -0.25) is 14.9 Å². The first kappa shape index (κ1) is 20.4. The van der Waals surface area contributed by atoms with Crippen LogP contribution < -0.4 is 5.32 Å². The molecule has 0 radical (unpaired) electrons. The number of allylic oxidation sites excluding steroid dienone is 1. The molecule has 3 amide bonds. The zero-order valence-corrected chi connectivity index (χ0v) is 15.2. The van der Waals surface area contributed by atoms with E-state index in [1.165, 1.54) is 11.3 Å². The van der Waals surface area contributed by atoms with Gasteiger partial charge >= 0.3 is 12.0 Å². The van der Waals surface area contributed by atoms with Crippen molar-refractivity contribution in [3.05, 3.63) is 12.2 Å². The molecule has 2 rings (SSSR count). The van der Waals surface area contributed by atoms with E-state index in [4.69, 9.17) is 5.11 Å². The number of amides is 3. The second kappa shape index (κ2) is 10.3. The summed E-state index contributed by atoms with van der Waals surface area (Å²) >= 11 is 0. The quantitative estimate of drug-likeness (QED) is 0.313. The Morgan fingerprint density at radius 3 is 2.65 bits per heavy atom. The monoisotopic (exact) mass is 366 g/mol. The standard InChI is InChI=1S/C19H30N2O5/c22-16(14-8-4-3-5-9-14)12-13-21-15(18(25)20-19(21)26)10-6-1-2-7-11-17(23)24/h1,6,14-16,22H,2-5,7-13H2,(H,23,24)(H,20,25,26)/b6-1+. The summed E-state index contributed by atoms with van der Waals surface area (Å²) in [5.41, 5.74) is 0. The Hall–Kier alpha value is -1.89. The number of hydrogen-bond donors (Lipinski definition) is 3. The highest BCUT2D eigenvalue weighted by atomic mass is 16.4. The number of rotatable bonds is 10. The summed E-state index contributed by atoms with van der Waals surface area (Å²) in [5.74, 6) is -0.822. The molecule has 1 saturated carbocycles. The zero-order valence-electron chi connectivity index (χ0n) is 15.2. The molecule has 26 heavy (non-hydrogen) atoms. The molecule has 0 aromatic heterocycles. The largest absolute Gasteiger partial charge is 0.481 e. The van der Waals surface area contributed by atoms with E-state index >= 15 is 0 Å². The summed E-state index contributed by atoms with van der Waals surface area (Å²) in [5, 5.41) is 21.3. The molecule has 146 valence electrons. The molecular formula is C19H30N2O5. The Labute approximate surface area is 154 Å². The van der Waals surface area contributed by atoms with E-state index in [9.17, 15) is 19.5 Å². The van der Waals surface area contributed by atoms with Gasteiger partial charge in [-0.1, -0.05) is 31.4 Å². The van der Waals surface area contributed by atoms with E-state index in [-0.39, 0.29) is 12.3 Å². The Morgan fingerprint density at radius 1 is 1.23 bits per heavy atom. The minimum Gasteiger partial charge on any atom is -0.481 e. The molecule has 0 aromatic rings. The van der Waals surface area contributed by atoms with E-state index in [1.807, 2.05) is 12.2 Å². The number of carbonyl (C=O) groups excluding carboxylic acids is 2. The van der Waals surface area contributed by atoms with Crippen LogP contribution in [0.4, 0.5) is 4.79 Å². The fourth-order valence-electron chi connectivity index (χ4n) is 3.78. The Morgan fingerprint density at radius 2 is 1.96 bits per heavy atom. The summed E-state index contributed by atoms with van der Waals surface area (Å²) in [6.45, 7) is 0.368. The molecule has 2 fully saturated rings. The lowest BCUT2D eigenvalue weighted by Gasteiger charge is -2.28. The molecule has 7 nitrogen and oxygen atoms in total. The summed E-state index contributed by atoms with van der Waals surface area (Å²) in [6, 6.07) is -0.938. The van der Waals surface area contributed by atoms with Gasteiger partial charge < -0.3 is 15.1 Å². The Kier molecular flexibility index (Phi) is 8.09. The lowest BCUT2D eigenvalue weighted by atomic mass is 9.84. The first-order valence-electron chi connectivity index (χ1n) is 9.65. The predicted molar refractivity (Wildman–Crippen MR) is 96.5 cm³/mol. The van der Waals surface area contributed by atoms with E-state index < -0.39 is 24.1 Å². The summed E-state index contributed by atoms with van der Waals surface area (Å²) < 4.78 is 0. The van der Waals surface area contributed by atoms with Gasteiger partial charge in [0.05, 0.1) is 6.10 Å². The second-order valence-corrected chi connectivity index (χ2v) is 7.25. The number of aliphatic carboxylic acids is 1. The number of carbonyl (C=O) groups is 3. The van der Waals surface area contributed by atoms with Gasteiger partial charge in [-0.2, -0.15) is 0 Å². The third-order valence-electron chi connectivity index (χ3n) is 5.32. The number of nitrogens with one attached hydrogen (secondary N) is 1. The maximum atomic E-state index is 12.0. The summed E-state index contributed by atoms with van der Waals surface area (Å²) in [7, 11) is 0. The van der Waals surface area contributed by atoms with Crippen LogP contribution in [0, 0.1) is 5.92 Å². The second-order valence-electron chi connectivity index (χ2n) is 7.25. The van der Waals surface area contributed by atoms with Crippen LogP contribution in [0.15, 0.2) is 12.2 Å². The molecule has 2 unspecified atom stereocenters. The van der Waals surface area contributed by atoms with E-state index in [1.54, 1.807) is 0 Å². The van der Waals surface area contributed by atoms with Crippen molar-refractivity contribution in [3.63, 3.8) is 0 Å². The van der Waals surface area contributed by atoms with Gasteiger partial charge in [-0.25, -0.2) is 4.79 Å². The number of aliphatic hydroxyl groups is 1. The molecular weight excluding hydrogens is 336 g/mol. The number of unbranched alkanes of at least 4 members (excludes halogenated alkanes) is 1. The third kappa shape index (κ3) is 6.12. The van der Waals surface area contributed by atoms with Crippen LogP contribution in [0.25, 0.3) is 0 Å². The lowest BCUT2D eigenvalue weighted by molar-refractivity contribution is -0.137. The molecule has 0 spiro atoms. The molecule has 0 aromatic carbocycles. The van der Waals surface area contributed by atoms with Crippen molar-refractivity contribution in [3.8, 4) is 0 Å². The van der Waals surface area contributed by atoms with Crippen LogP contribution in [0.5, 0.6) is 0 Å². The average molecular weight is 366 g/mol. The Balaban J connectivity index is 1.78. The molecule has 1 aliphatic heterocycles. The van der Waals surface area contributed by atoms with Crippen LogP contribution in [0.3, 0.4) is 0 Å². The molecule has 1 saturated heterocycles. The average Bonchev–Trinajstić information content (AvgIpc) is 2.89. The van der Waals surface area contributed by atoms with E-state index in [0.717, 1.165) is 25.7 Å². The number of imide groups is 1. The van der Waals surface area contributed by atoms with Crippen LogP contribution in [-0.4, -0.2) is 51.7 Å². The van der Waals surface area contributed by atoms with Gasteiger partial charge in [-0.15, -0.1) is 0 Å². The van der Waals surface area contributed by atoms with Crippen molar-refractivity contribution in [1.29, 1.82) is 0 Å². The van der Waals surface area contributed by atoms with Gasteiger partial charge in [-0.05, 0) is 44.4 Å². The summed E-state index contributed by atoms with van der Waals surface area (Å²) in [4.78, 5) is 36.0. The highest BCUT2D eigenvalue weighted by Crippen LogP contribution is 2.28. The van der Waals surface area contributed by atoms with Gasteiger partial charge in [0.2, 0.25) is 0 Å². The van der Waals surface area contributed by atoms with Crippen molar-refractivity contribution < 1.29 is 24.6 Å². The molecule has 7 heteroatoms. The fourth-order valence-corrected chi connectivity index (χ4v) is 3.78. The first-order chi connectivity index (χ1) is 12.5. The van der Waals surface area contributed by atoms with Crippen LogP contribution >= 0.6 is 0 Å². The van der Waals surface area contributed by atoms with Crippen LogP contribution in [0.2, 0.25) is 0 Å². The number of aliphatic hydroxyl groups excluding tert-OH is 1. The van der Waals surface area contributed by atoms with Crippen LogP contribution in [0.1, 0.15) is 64.2 Å². The molecule has 1 heterocycles. The Bertz CT molecular complexity index is 528. The SMILES string of the molecule is O=C(O)CCC/C=C/CC1C(=O)NC(=O)N1CCC(O)C1CCCCC1. The number of carboxylic acid groups (broad SMARTS) is 1. The van der Waals surface area contributed by atoms with Crippen molar-refractivity contribution in [1.82, 2.24) is 10.2 Å². The number of urea groups is 1.